The molecule has 0 spiro atoms. The minimum absolute atomic E-state index is 0.271. The normalized spacial score (nSPS) is 11.6. The molecule has 156 valence electrons. The standard InChI is InChI=1S/C21H18Cl2N2O4S/c1-12-3-5-14(6-4-12)17-11-30-21(24-17)25-19(26)10-28-20(27)13(2)29-18-8-7-15(22)9-16(18)23/h3-9,11,13H,10H2,1-2H3,(H,24,25,26). The van der Waals surface area contributed by atoms with Gasteiger partial charge in [-0.3, -0.25) is 10.1 Å². The van der Waals surface area contributed by atoms with Crippen LogP contribution in [0.25, 0.3) is 11.3 Å². The molecular formula is C21H18Cl2N2O4S. The number of carbonyl (C=O) groups is 2. The van der Waals surface area contributed by atoms with Crippen molar-refractivity contribution in [3.8, 4) is 17.0 Å². The molecule has 6 nitrogen and oxygen atoms in total. The van der Waals surface area contributed by atoms with Crippen LogP contribution < -0.4 is 10.1 Å². The van der Waals surface area contributed by atoms with Crippen LogP contribution in [0.2, 0.25) is 10.0 Å². The van der Waals surface area contributed by atoms with E-state index in [1.165, 1.54) is 24.3 Å². The number of halogens is 2. The SMILES string of the molecule is Cc1ccc(-c2csc(NC(=O)COC(=O)C(C)Oc3ccc(Cl)cc3Cl)n2)cc1. The van der Waals surface area contributed by atoms with Gasteiger partial charge in [0.15, 0.2) is 17.8 Å². The summed E-state index contributed by atoms with van der Waals surface area (Å²) in [4.78, 5) is 28.6. The highest BCUT2D eigenvalue weighted by atomic mass is 35.5. The molecule has 0 saturated carbocycles. The van der Waals surface area contributed by atoms with Crippen molar-refractivity contribution in [2.45, 2.75) is 20.0 Å². The van der Waals surface area contributed by atoms with Crippen LogP contribution in [-0.2, 0) is 14.3 Å². The molecule has 1 amide bonds. The quantitative estimate of drug-likeness (QED) is 0.475. The number of anilines is 1. The molecule has 0 aliphatic rings. The fraction of sp³-hybridized carbons (Fsp3) is 0.190. The summed E-state index contributed by atoms with van der Waals surface area (Å²) in [5.41, 5.74) is 2.87. The Kier molecular flexibility index (Phi) is 7.31. The second-order valence-corrected chi connectivity index (χ2v) is 8.10. The first-order valence-electron chi connectivity index (χ1n) is 8.92. The fourth-order valence-electron chi connectivity index (χ4n) is 2.41. The average Bonchev–Trinajstić information content (AvgIpc) is 3.17. The second kappa shape index (κ2) is 9.93. The first-order chi connectivity index (χ1) is 14.3. The number of benzene rings is 2. The van der Waals surface area contributed by atoms with Gasteiger partial charge in [-0.05, 0) is 32.0 Å². The van der Waals surface area contributed by atoms with Gasteiger partial charge in [-0.25, -0.2) is 9.78 Å². The molecule has 0 aliphatic carbocycles. The van der Waals surface area contributed by atoms with Gasteiger partial charge in [0.1, 0.15) is 5.75 Å². The predicted octanol–water partition coefficient (Wildman–Crippen LogP) is 5.37. The zero-order valence-corrected chi connectivity index (χ0v) is 18.5. The van der Waals surface area contributed by atoms with E-state index in [0.717, 1.165) is 16.8 Å². The van der Waals surface area contributed by atoms with Gasteiger partial charge in [0.05, 0.1) is 10.7 Å². The summed E-state index contributed by atoms with van der Waals surface area (Å²) in [7, 11) is 0. The topological polar surface area (TPSA) is 77.5 Å². The van der Waals surface area contributed by atoms with E-state index >= 15 is 0 Å². The largest absolute Gasteiger partial charge is 0.477 e. The number of hydrogen-bond acceptors (Lipinski definition) is 6. The lowest BCUT2D eigenvalue weighted by Crippen LogP contribution is -2.29. The molecular weight excluding hydrogens is 447 g/mol. The van der Waals surface area contributed by atoms with Crippen LogP contribution in [-0.4, -0.2) is 29.6 Å². The number of nitrogens with one attached hydrogen (secondary N) is 1. The Morgan fingerprint density at radius 3 is 2.60 bits per heavy atom. The number of hydrogen-bond donors (Lipinski definition) is 1. The molecule has 1 N–H and O–H groups in total. The van der Waals surface area contributed by atoms with Crippen molar-refractivity contribution in [1.29, 1.82) is 0 Å². The number of esters is 1. The number of carbonyl (C=O) groups excluding carboxylic acids is 2. The van der Waals surface area contributed by atoms with E-state index in [-0.39, 0.29) is 5.02 Å². The van der Waals surface area contributed by atoms with E-state index in [1.54, 1.807) is 12.1 Å². The Morgan fingerprint density at radius 1 is 1.17 bits per heavy atom. The number of aryl methyl sites for hydroxylation is 1. The summed E-state index contributed by atoms with van der Waals surface area (Å²) in [6, 6.07) is 12.6. The van der Waals surface area contributed by atoms with Crippen LogP contribution in [0.4, 0.5) is 5.13 Å². The maximum atomic E-state index is 12.1. The van der Waals surface area contributed by atoms with E-state index in [1.807, 2.05) is 36.6 Å². The molecule has 0 saturated heterocycles. The monoisotopic (exact) mass is 464 g/mol. The number of amides is 1. The minimum Gasteiger partial charge on any atom is -0.477 e. The lowest BCUT2D eigenvalue weighted by molar-refractivity contribution is -0.153. The highest BCUT2D eigenvalue weighted by molar-refractivity contribution is 7.14. The van der Waals surface area contributed by atoms with Gasteiger partial charge in [-0.1, -0.05) is 53.0 Å². The van der Waals surface area contributed by atoms with Crippen molar-refractivity contribution < 1.29 is 19.1 Å². The molecule has 1 aromatic heterocycles. The number of rotatable bonds is 7. The van der Waals surface area contributed by atoms with E-state index in [9.17, 15) is 9.59 Å². The molecule has 0 aliphatic heterocycles. The maximum absolute atomic E-state index is 12.1. The van der Waals surface area contributed by atoms with Crippen molar-refractivity contribution in [1.82, 2.24) is 4.98 Å². The van der Waals surface area contributed by atoms with E-state index in [2.05, 4.69) is 10.3 Å². The second-order valence-electron chi connectivity index (χ2n) is 6.39. The van der Waals surface area contributed by atoms with Crippen LogP contribution in [0.3, 0.4) is 0 Å². The maximum Gasteiger partial charge on any atom is 0.347 e. The summed E-state index contributed by atoms with van der Waals surface area (Å²) in [5.74, 6) is -0.901. The molecule has 0 bridgehead atoms. The molecule has 1 unspecified atom stereocenters. The summed E-state index contributed by atoms with van der Waals surface area (Å²) < 4.78 is 10.5. The predicted molar refractivity (Wildman–Crippen MR) is 118 cm³/mol. The molecule has 3 rings (SSSR count). The molecule has 1 atom stereocenters. The zero-order valence-electron chi connectivity index (χ0n) is 16.1. The summed E-state index contributed by atoms with van der Waals surface area (Å²) >= 11 is 13.1. The van der Waals surface area contributed by atoms with Crippen molar-refractivity contribution in [2.75, 3.05) is 11.9 Å². The van der Waals surface area contributed by atoms with E-state index < -0.39 is 24.6 Å². The van der Waals surface area contributed by atoms with Crippen molar-refractivity contribution >= 4 is 51.5 Å². The van der Waals surface area contributed by atoms with Crippen LogP contribution >= 0.6 is 34.5 Å². The third-order valence-electron chi connectivity index (χ3n) is 3.97. The van der Waals surface area contributed by atoms with Crippen LogP contribution in [0, 0.1) is 6.92 Å². The first-order valence-corrected chi connectivity index (χ1v) is 10.6. The summed E-state index contributed by atoms with van der Waals surface area (Å²) in [6.07, 6.45) is -0.954. The number of nitrogens with zero attached hydrogens (tertiary/aromatic N) is 1. The van der Waals surface area contributed by atoms with Crippen LogP contribution in [0.1, 0.15) is 12.5 Å². The lowest BCUT2D eigenvalue weighted by atomic mass is 10.1. The van der Waals surface area contributed by atoms with Gasteiger partial charge in [-0.15, -0.1) is 11.3 Å². The molecule has 30 heavy (non-hydrogen) atoms. The minimum atomic E-state index is -0.954. The molecule has 0 radical (unpaired) electrons. The van der Waals surface area contributed by atoms with Gasteiger partial charge in [0, 0.05) is 16.0 Å². The first kappa shape index (κ1) is 22.1. The molecule has 9 heteroatoms. The number of ether oxygens (including phenoxy) is 2. The highest BCUT2D eigenvalue weighted by Gasteiger charge is 2.19. The Bertz CT molecular complexity index is 1050. The zero-order chi connectivity index (χ0) is 21.7. The average molecular weight is 465 g/mol. The van der Waals surface area contributed by atoms with Gasteiger partial charge in [0.2, 0.25) is 0 Å². The third-order valence-corrected chi connectivity index (χ3v) is 5.26. The van der Waals surface area contributed by atoms with Crippen LogP contribution in [0.5, 0.6) is 5.75 Å². The Labute approximate surface area is 187 Å². The molecule has 3 aromatic rings. The molecule has 2 aromatic carbocycles. The van der Waals surface area contributed by atoms with Gasteiger partial charge in [0.25, 0.3) is 5.91 Å². The Morgan fingerprint density at radius 2 is 1.90 bits per heavy atom. The summed E-state index contributed by atoms with van der Waals surface area (Å²) in [6.45, 7) is 3.05. The summed E-state index contributed by atoms with van der Waals surface area (Å²) in [5, 5.41) is 5.61. The Hall–Kier alpha value is -2.61. The molecule has 1 heterocycles. The molecule has 0 fully saturated rings. The highest BCUT2D eigenvalue weighted by Crippen LogP contribution is 2.28. The van der Waals surface area contributed by atoms with E-state index in [4.69, 9.17) is 32.7 Å². The lowest BCUT2D eigenvalue weighted by Gasteiger charge is -2.14. The fourth-order valence-corrected chi connectivity index (χ4v) is 3.60. The smallest absolute Gasteiger partial charge is 0.347 e. The number of thiazole rings is 1. The number of aromatic nitrogens is 1. The van der Waals surface area contributed by atoms with Crippen LogP contribution in [0.15, 0.2) is 47.8 Å². The van der Waals surface area contributed by atoms with Crippen molar-refractivity contribution in [3.63, 3.8) is 0 Å². The Balaban J connectivity index is 1.49. The van der Waals surface area contributed by atoms with Crippen molar-refractivity contribution in [3.05, 3.63) is 63.5 Å². The van der Waals surface area contributed by atoms with Crippen molar-refractivity contribution in [2.24, 2.45) is 0 Å². The third kappa shape index (κ3) is 5.95. The van der Waals surface area contributed by atoms with E-state index in [0.29, 0.717) is 15.9 Å². The van der Waals surface area contributed by atoms with Gasteiger partial charge >= 0.3 is 5.97 Å². The van der Waals surface area contributed by atoms with Gasteiger partial charge < -0.3 is 9.47 Å². The van der Waals surface area contributed by atoms with Gasteiger partial charge in [-0.2, -0.15) is 0 Å².